The second kappa shape index (κ2) is 8.00. The fraction of sp³-hybridized carbons (Fsp3) is 0.474. The topological polar surface area (TPSA) is 92.8 Å². The minimum absolute atomic E-state index is 0.0771. The zero-order chi connectivity index (χ0) is 20.9. The molecule has 0 radical (unpaired) electrons. The van der Waals surface area contributed by atoms with Gasteiger partial charge < -0.3 is 10.1 Å². The van der Waals surface area contributed by atoms with E-state index in [4.69, 9.17) is 16.3 Å². The molecule has 0 spiro atoms. The fourth-order valence-electron chi connectivity index (χ4n) is 4.64. The van der Waals surface area contributed by atoms with Gasteiger partial charge in [0.15, 0.2) is 6.61 Å². The number of nitrogens with zero attached hydrogens (tertiary/aromatic N) is 1. The number of para-hydroxylation sites is 1. The molecule has 3 aliphatic rings. The van der Waals surface area contributed by atoms with Gasteiger partial charge in [-0.05, 0) is 30.4 Å². The Kier molecular flexibility index (Phi) is 5.74. The van der Waals surface area contributed by atoms with Crippen LogP contribution in [0.15, 0.2) is 24.3 Å². The third-order valence-electron chi connectivity index (χ3n) is 5.88. The highest BCUT2D eigenvalue weighted by Crippen LogP contribution is 2.60. The smallest absolute Gasteiger partial charge is 0.326 e. The molecule has 1 aliphatic heterocycles. The van der Waals surface area contributed by atoms with Crippen molar-refractivity contribution in [1.29, 1.82) is 0 Å². The standard InChI is InChI=1S/C19H17Br2ClN2O5/c20-16-8-5-9(17(16)21)15-14(8)18(27)24(19(15)28)6-13(26)29-7-12(25)23-11-4-2-1-3-10(11)22/h1-4,8-9,14-17H,5-7H2,(H,23,25)/t8-,9-,14-,15-,16-,17+/m1/s1. The molecule has 2 saturated carbocycles. The largest absolute Gasteiger partial charge is 0.454 e. The van der Waals surface area contributed by atoms with Crippen LogP contribution in [0.5, 0.6) is 0 Å². The van der Waals surface area contributed by atoms with Crippen LogP contribution in [0.4, 0.5) is 5.69 Å². The van der Waals surface area contributed by atoms with Crippen LogP contribution < -0.4 is 5.32 Å². The van der Waals surface area contributed by atoms with Crippen LogP contribution in [0.1, 0.15) is 6.42 Å². The summed E-state index contributed by atoms with van der Waals surface area (Å²) in [6, 6.07) is 6.66. The van der Waals surface area contributed by atoms with E-state index in [9.17, 15) is 19.2 Å². The van der Waals surface area contributed by atoms with Gasteiger partial charge in [0.1, 0.15) is 6.54 Å². The average molecular weight is 549 g/mol. The van der Waals surface area contributed by atoms with Gasteiger partial charge >= 0.3 is 5.97 Å². The maximum Gasteiger partial charge on any atom is 0.326 e. The lowest BCUT2D eigenvalue weighted by molar-refractivity contribution is -0.154. The summed E-state index contributed by atoms with van der Waals surface area (Å²) in [6.07, 6.45) is 0.819. The highest BCUT2D eigenvalue weighted by molar-refractivity contribution is 9.12. The second-order valence-corrected chi connectivity index (χ2v) is 9.98. The van der Waals surface area contributed by atoms with Gasteiger partial charge in [-0.3, -0.25) is 24.1 Å². The van der Waals surface area contributed by atoms with Crippen molar-refractivity contribution >= 4 is 72.8 Å². The van der Waals surface area contributed by atoms with Crippen LogP contribution in [-0.2, 0) is 23.9 Å². The van der Waals surface area contributed by atoms with Gasteiger partial charge in [-0.15, -0.1) is 0 Å². The number of carbonyl (C=O) groups is 4. The van der Waals surface area contributed by atoms with Gasteiger partial charge in [0, 0.05) is 9.65 Å². The Morgan fingerprint density at radius 1 is 1.10 bits per heavy atom. The van der Waals surface area contributed by atoms with E-state index in [-0.39, 0.29) is 45.1 Å². The molecule has 1 aromatic carbocycles. The maximum absolute atomic E-state index is 12.8. The number of rotatable bonds is 5. The number of esters is 1. The van der Waals surface area contributed by atoms with E-state index in [2.05, 4.69) is 37.2 Å². The van der Waals surface area contributed by atoms with Crippen LogP contribution in [-0.4, -0.2) is 51.4 Å². The van der Waals surface area contributed by atoms with Crippen LogP contribution in [0.25, 0.3) is 0 Å². The van der Waals surface area contributed by atoms with Crippen molar-refractivity contribution in [3.63, 3.8) is 0 Å². The van der Waals surface area contributed by atoms with Crippen molar-refractivity contribution in [3.8, 4) is 0 Å². The molecule has 3 fully saturated rings. The number of anilines is 1. The summed E-state index contributed by atoms with van der Waals surface area (Å²) in [5.74, 6) is -2.64. The molecule has 1 N–H and O–H groups in total. The number of alkyl halides is 2. The molecule has 29 heavy (non-hydrogen) atoms. The molecule has 6 atom stereocenters. The number of benzene rings is 1. The van der Waals surface area contributed by atoms with E-state index in [0.717, 1.165) is 11.3 Å². The average Bonchev–Trinajstić information content (AvgIpc) is 3.29. The number of hydrogen-bond acceptors (Lipinski definition) is 5. The second-order valence-electron chi connectivity index (χ2n) is 7.46. The van der Waals surface area contributed by atoms with Gasteiger partial charge in [0.05, 0.1) is 22.5 Å². The number of fused-ring (bicyclic) bond motifs is 5. The van der Waals surface area contributed by atoms with E-state index < -0.39 is 25.0 Å². The Hall–Kier alpha value is -1.45. The fourth-order valence-corrected chi connectivity index (χ4v) is 6.69. The molecule has 2 bridgehead atoms. The summed E-state index contributed by atoms with van der Waals surface area (Å²) in [4.78, 5) is 50.9. The minimum atomic E-state index is -0.806. The summed E-state index contributed by atoms with van der Waals surface area (Å²) >= 11 is 13.2. The number of nitrogens with one attached hydrogen (secondary N) is 1. The van der Waals surface area contributed by atoms with Crippen LogP contribution in [0.3, 0.4) is 0 Å². The first-order valence-electron chi connectivity index (χ1n) is 9.13. The third-order valence-corrected chi connectivity index (χ3v) is 9.41. The summed E-state index contributed by atoms with van der Waals surface area (Å²) < 4.78 is 4.95. The highest BCUT2D eigenvalue weighted by atomic mass is 79.9. The van der Waals surface area contributed by atoms with Gasteiger partial charge in [0.25, 0.3) is 5.91 Å². The quantitative estimate of drug-likeness (QED) is 0.347. The maximum atomic E-state index is 12.8. The minimum Gasteiger partial charge on any atom is -0.454 e. The molecule has 1 aromatic rings. The van der Waals surface area contributed by atoms with Gasteiger partial charge in [0.2, 0.25) is 11.8 Å². The molecule has 10 heteroatoms. The first kappa shape index (κ1) is 20.8. The first-order chi connectivity index (χ1) is 13.8. The van der Waals surface area contributed by atoms with Crippen molar-refractivity contribution in [2.24, 2.45) is 23.7 Å². The molecule has 7 nitrogen and oxygen atoms in total. The number of carbonyl (C=O) groups excluding carboxylic acids is 4. The lowest BCUT2D eigenvalue weighted by Crippen LogP contribution is -2.38. The van der Waals surface area contributed by atoms with E-state index in [1.165, 1.54) is 0 Å². The third kappa shape index (κ3) is 3.61. The van der Waals surface area contributed by atoms with Crippen molar-refractivity contribution in [2.75, 3.05) is 18.5 Å². The Morgan fingerprint density at radius 3 is 2.28 bits per heavy atom. The van der Waals surface area contributed by atoms with Crippen molar-refractivity contribution in [2.45, 2.75) is 16.1 Å². The van der Waals surface area contributed by atoms with Crippen LogP contribution in [0, 0.1) is 23.7 Å². The van der Waals surface area contributed by atoms with E-state index in [0.29, 0.717) is 10.7 Å². The number of amides is 3. The zero-order valence-corrected chi connectivity index (χ0v) is 18.9. The molecule has 4 rings (SSSR count). The lowest BCUT2D eigenvalue weighted by atomic mass is 9.81. The summed E-state index contributed by atoms with van der Waals surface area (Å²) in [7, 11) is 0. The molecule has 3 amide bonds. The molecule has 0 unspecified atom stereocenters. The van der Waals surface area contributed by atoms with Crippen LogP contribution in [0.2, 0.25) is 5.02 Å². The number of imide groups is 1. The predicted octanol–water partition coefficient (Wildman–Crippen LogP) is 2.60. The number of hydrogen-bond donors (Lipinski definition) is 1. The zero-order valence-electron chi connectivity index (χ0n) is 15.0. The van der Waals surface area contributed by atoms with E-state index in [1.807, 2.05) is 0 Å². The van der Waals surface area contributed by atoms with Gasteiger partial charge in [-0.25, -0.2) is 0 Å². The number of halogens is 3. The number of ether oxygens (including phenoxy) is 1. The lowest BCUT2D eigenvalue weighted by Gasteiger charge is -2.28. The summed E-state index contributed by atoms with van der Waals surface area (Å²) in [6.45, 7) is -1.02. The molecule has 1 saturated heterocycles. The summed E-state index contributed by atoms with van der Waals surface area (Å²) in [5.41, 5.74) is 0.400. The molecule has 1 heterocycles. The molecule has 154 valence electrons. The molecular weight excluding hydrogens is 531 g/mol. The Balaban J connectivity index is 1.32. The van der Waals surface area contributed by atoms with Crippen molar-refractivity contribution in [3.05, 3.63) is 29.3 Å². The molecular formula is C19H17Br2ClN2O5. The Labute approximate surface area is 188 Å². The Morgan fingerprint density at radius 2 is 1.69 bits per heavy atom. The van der Waals surface area contributed by atoms with Crippen molar-refractivity contribution < 1.29 is 23.9 Å². The molecule has 0 aromatic heterocycles. The van der Waals surface area contributed by atoms with Gasteiger partial charge in [-0.1, -0.05) is 55.6 Å². The van der Waals surface area contributed by atoms with Crippen LogP contribution >= 0.6 is 43.5 Å². The molecule has 2 aliphatic carbocycles. The Bertz CT molecular complexity index is 865. The summed E-state index contributed by atoms with van der Waals surface area (Å²) in [5, 5.41) is 2.89. The van der Waals surface area contributed by atoms with E-state index >= 15 is 0 Å². The number of likely N-dealkylation sites (tertiary alicyclic amines) is 1. The van der Waals surface area contributed by atoms with Gasteiger partial charge in [-0.2, -0.15) is 0 Å². The van der Waals surface area contributed by atoms with E-state index in [1.54, 1.807) is 24.3 Å². The highest BCUT2D eigenvalue weighted by Gasteiger charge is 2.66. The normalized spacial score (nSPS) is 32.4. The first-order valence-corrected chi connectivity index (χ1v) is 11.3. The SMILES string of the molecule is O=C(COC(=O)CN1C(=O)[C@@H]2[C@H]3C[C@@H]([C@@H](Br)[C@H]3Br)[C@H]2C1=O)Nc1ccccc1Cl. The van der Waals surface area contributed by atoms with Crippen molar-refractivity contribution in [1.82, 2.24) is 4.90 Å². The predicted molar refractivity (Wildman–Crippen MR) is 112 cm³/mol. The monoisotopic (exact) mass is 546 g/mol.